The van der Waals surface area contributed by atoms with Crippen LogP contribution in [0.4, 0.5) is 0 Å². The summed E-state index contributed by atoms with van der Waals surface area (Å²) in [6.45, 7) is 1.94. The van der Waals surface area contributed by atoms with Gasteiger partial charge in [-0.15, -0.1) is 11.3 Å². The zero-order valence-electron chi connectivity index (χ0n) is 17.7. The summed E-state index contributed by atoms with van der Waals surface area (Å²) in [6.07, 6.45) is 1.53. The van der Waals surface area contributed by atoms with Crippen LogP contribution in [0, 0.1) is 6.92 Å². The summed E-state index contributed by atoms with van der Waals surface area (Å²) in [7, 11) is 0. The van der Waals surface area contributed by atoms with Gasteiger partial charge >= 0.3 is 11.9 Å². The number of ether oxygens (including phenoxy) is 2. The third-order valence-corrected chi connectivity index (χ3v) is 7.25. The summed E-state index contributed by atoms with van der Waals surface area (Å²) in [5.74, 6) is -0.647. The molecule has 0 spiro atoms. The lowest BCUT2D eigenvalue weighted by Crippen LogP contribution is -2.09. The van der Waals surface area contributed by atoms with Crippen LogP contribution in [0.25, 0.3) is 16.2 Å². The molecule has 0 N–H and O–H groups in total. The van der Waals surface area contributed by atoms with Gasteiger partial charge in [-0.25, -0.2) is 14.6 Å². The van der Waals surface area contributed by atoms with Crippen molar-refractivity contribution in [3.05, 3.63) is 103 Å². The Morgan fingerprint density at radius 2 is 1.88 bits per heavy atom. The van der Waals surface area contributed by atoms with Gasteiger partial charge in [0.1, 0.15) is 10.6 Å². The molecule has 0 bridgehead atoms. The maximum atomic E-state index is 12.6. The minimum Gasteiger partial charge on any atom is -0.422 e. The van der Waals surface area contributed by atoms with Gasteiger partial charge in [-0.2, -0.15) is 0 Å². The van der Waals surface area contributed by atoms with E-state index in [2.05, 4.69) is 20.9 Å². The summed E-state index contributed by atoms with van der Waals surface area (Å²) in [6, 6.07) is 19.7. The smallest absolute Gasteiger partial charge is 0.363 e. The molecule has 0 radical (unpaired) electrons. The van der Waals surface area contributed by atoms with Gasteiger partial charge in [-0.05, 0) is 43.3 Å². The van der Waals surface area contributed by atoms with Gasteiger partial charge in [0.2, 0.25) is 5.90 Å². The topological polar surface area (TPSA) is 65.0 Å². The predicted octanol–water partition coefficient (Wildman–Crippen LogP) is 7.19. The average Bonchev–Trinajstić information content (AvgIpc) is 3.34. The Labute approximate surface area is 212 Å². The van der Waals surface area contributed by atoms with Crippen molar-refractivity contribution >= 4 is 72.9 Å². The van der Waals surface area contributed by atoms with Crippen LogP contribution >= 0.6 is 38.9 Å². The predicted molar refractivity (Wildman–Crippen MR) is 138 cm³/mol. The van der Waals surface area contributed by atoms with E-state index in [1.54, 1.807) is 36.4 Å². The first-order valence-corrected chi connectivity index (χ1v) is 12.2. The lowest BCUT2D eigenvalue weighted by atomic mass is 10.1. The van der Waals surface area contributed by atoms with Gasteiger partial charge in [0.05, 0.1) is 10.6 Å². The Morgan fingerprint density at radius 1 is 1.12 bits per heavy atom. The normalized spacial score (nSPS) is 14.4. The number of hydrogen-bond acceptors (Lipinski definition) is 6. The number of rotatable bonds is 4. The first kappa shape index (κ1) is 22.5. The van der Waals surface area contributed by atoms with Gasteiger partial charge in [-0.3, -0.25) is 0 Å². The molecule has 0 amide bonds. The number of carbonyl (C=O) groups excluding carboxylic acids is 2. The summed E-state index contributed by atoms with van der Waals surface area (Å²) in [4.78, 5) is 30.1. The molecule has 1 aliphatic rings. The van der Waals surface area contributed by atoms with E-state index in [0.717, 1.165) is 20.1 Å². The van der Waals surface area contributed by atoms with E-state index in [0.29, 0.717) is 26.8 Å². The van der Waals surface area contributed by atoms with Gasteiger partial charge in [0.15, 0.2) is 5.70 Å². The summed E-state index contributed by atoms with van der Waals surface area (Å²) in [5, 5.41) is 1.34. The largest absolute Gasteiger partial charge is 0.422 e. The fourth-order valence-electron chi connectivity index (χ4n) is 3.37. The van der Waals surface area contributed by atoms with Crippen LogP contribution in [0.2, 0.25) is 5.02 Å². The molecule has 0 atom stereocenters. The summed E-state index contributed by atoms with van der Waals surface area (Å²) < 4.78 is 12.9. The Balaban J connectivity index is 1.46. The van der Waals surface area contributed by atoms with Crippen LogP contribution in [0.3, 0.4) is 0 Å². The fraction of sp³-hybridized carbons (Fsp3) is 0.0385. The summed E-state index contributed by atoms with van der Waals surface area (Å²) in [5.41, 5.74) is 2.08. The van der Waals surface area contributed by atoms with E-state index in [1.807, 2.05) is 37.3 Å². The average molecular weight is 553 g/mol. The molecule has 0 aliphatic carbocycles. The van der Waals surface area contributed by atoms with Crippen LogP contribution in [-0.2, 0) is 9.53 Å². The Morgan fingerprint density at radius 3 is 2.68 bits per heavy atom. The number of para-hydroxylation sites is 1. The first-order chi connectivity index (χ1) is 16.4. The standard InChI is InChI=1S/C26H15BrClNO4S/c1-14-6-8-15(9-7-14)25(30)32-20-5-3-2-4-16(20)12-19-26(31)33-24(29-19)23-22(28)18-11-10-17(27)13-21(18)34-23/h2-13H,1H3/b19-12+. The molecular weight excluding hydrogens is 538 g/mol. The summed E-state index contributed by atoms with van der Waals surface area (Å²) >= 11 is 11.4. The van der Waals surface area contributed by atoms with Crippen LogP contribution < -0.4 is 4.74 Å². The van der Waals surface area contributed by atoms with Gasteiger partial charge in [-0.1, -0.05) is 69.5 Å². The highest BCUT2D eigenvalue weighted by Gasteiger charge is 2.28. The third kappa shape index (κ3) is 4.42. The van der Waals surface area contributed by atoms with E-state index in [9.17, 15) is 9.59 Å². The maximum absolute atomic E-state index is 12.6. The van der Waals surface area contributed by atoms with E-state index < -0.39 is 11.9 Å². The van der Waals surface area contributed by atoms with Crippen molar-refractivity contribution in [3.63, 3.8) is 0 Å². The van der Waals surface area contributed by atoms with E-state index >= 15 is 0 Å². The number of esters is 2. The highest BCUT2D eigenvalue weighted by molar-refractivity contribution is 9.10. The monoisotopic (exact) mass is 551 g/mol. The molecule has 0 saturated carbocycles. The molecule has 2 heterocycles. The highest BCUT2D eigenvalue weighted by atomic mass is 79.9. The molecule has 34 heavy (non-hydrogen) atoms. The second kappa shape index (κ2) is 9.18. The molecule has 3 aromatic carbocycles. The zero-order valence-corrected chi connectivity index (χ0v) is 20.8. The van der Waals surface area contributed by atoms with Gasteiger partial charge in [0, 0.05) is 20.1 Å². The molecule has 1 aromatic heterocycles. The van der Waals surface area contributed by atoms with Gasteiger partial charge < -0.3 is 9.47 Å². The number of aliphatic imine (C=N–C) groups is 1. The Bertz CT molecular complexity index is 1520. The molecule has 0 fully saturated rings. The number of benzene rings is 3. The molecule has 0 saturated heterocycles. The lowest BCUT2D eigenvalue weighted by molar-refractivity contribution is -0.129. The molecule has 4 aromatic rings. The molecule has 168 valence electrons. The maximum Gasteiger partial charge on any atom is 0.363 e. The van der Waals surface area contributed by atoms with Crippen molar-refractivity contribution in [2.75, 3.05) is 0 Å². The van der Waals surface area contributed by atoms with Crippen molar-refractivity contribution in [2.45, 2.75) is 6.92 Å². The fourth-order valence-corrected chi connectivity index (χ4v) is 5.36. The quantitative estimate of drug-likeness (QED) is 0.153. The number of fused-ring (bicyclic) bond motifs is 1. The van der Waals surface area contributed by atoms with Crippen LogP contribution in [-0.4, -0.2) is 17.8 Å². The third-order valence-electron chi connectivity index (χ3n) is 5.11. The van der Waals surface area contributed by atoms with Crippen molar-refractivity contribution in [1.82, 2.24) is 0 Å². The molecule has 5 rings (SSSR count). The van der Waals surface area contributed by atoms with Crippen molar-refractivity contribution in [1.29, 1.82) is 0 Å². The van der Waals surface area contributed by atoms with Crippen LogP contribution in [0.15, 0.2) is 81.9 Å². The van der Waals surface area contributed by atoms with Crippen molar-refractivity contribution in [3.8, 4) is 5.75 Å². The van der Waals surface area contributed by atoms with Gasteiger partial charge in [0.25, 0.3) is 0 Å². The first-order valence-electron chi connectivity index (χ1n) is 10.2. The number of nitrogens with zero attached hydrogens (tertiary/aromatic N) is 1. The highest BCUT2D eigenvalue weighted by Crippen LogP contribution is 2.38. The van der Waals surface area contributed by atoms with Crippen LogP contribution in [0.1, 0.15) is 26.4 Å². The number of aryl methyl sites for hydroxylation is 1. The second-order valence-corrected chi connectivity index (χ2v) is 9.86. The zero-order chi connectivity index (χ0) is 23.8. The molecule has 0 unspecified atom stereocenters. The van der Waals surface area contributed by atoms with E-state index in [1.165, 1.54) is 17.4 Å². The van der Waals surface area contributed by atoms with E-state index in [-0.39, 0.29) is 11.6 Å². The van der Waals surface area contributed by atoms with Crippen molar-refractivity contribution < 1.29 is 19.1 Å². The minimum atomic E-state index is -0.607. The molecular formula is C26H15BrClNO4S. The number of hydrogen-bond donors (Lipinski definition) is 0. The SMILES string of the molecule is Cc1ccc(C(=O)Oc2ccccc2/C=C2/N=C(c3sc4cc(Br)ccc4c3Cl)OC2=O)cc1. The Hall–Kier alpha value is -3.26. The molecule has 5 nitrogen and oxygen atoms in total. The number of cyclic esters (lactones) is 1. The number of thiophene rings is 1. The number of carbonyl (C=O) groups is 2. The van der Waals surface area contributed by atoms with Crippen molar-refractivity contribution in [2.24, 2.45) is 4.99 Å². The molecule has 8 heteroatoms. The number of halogens is 2. The second-order valence-electron chi connectivity index (χ2n) is 7.52. The lowest BCUT2D eigenvalue weighted by Gasteiger charge is -2.07. The minimum absolute atomic E-state index is 0.0866. The molecule has 1 aliphatic heterocycles. The Kier molecular flexibility index (Phi) is 6.08. The van der Waals surface area contributed by atoms with E-state index in [4.69, 9.17) is 21.1 Å². The van der Waals surface area contributed by atoms with Crippen LogP contribution in [0.5, 0.6) is 5.75 Å².